The van der Waals surface area contributed by atoms with Crippen LogP contribution in [0.3, 0.4) is 0 Å². The first-order valence-corrected chi connectivity index (χ1v) is 8.17. The van der Waals surface area contributed by atoms with E-state index >= 15 is 0 Å². The largest absolute Gasteiger partial charge is 0.496 e. The summed E-state index contributed by atoms with van der Waals surface area (Å²) >= 11 is 0. The van der Waals surface area contributed by atoms with E-state index in [1.807, 2.05) is 24.3 Å². The molecule has 1 aliphatic rings. The van der Waals surface area contributed by atoms with Crippen molar-refractivity contribution in [1.29, 1.82) is 0 Å². The molecule has 3 heteroatoms. The Morgan fingerprint density at radius 3 is 2.58 bits per heavy atom. The first kappa shape index (κ1) is 14.8. The number of benzene rings is 3. The first-order valence-electron chi connectivity index (χ1n) is 8.17. The van der Waals surface area contributed by atoms with Crippen LogP contribution in [0, 0.1) is 0 Å². The van der Waals surface area contributed by atoms with Crippen LogP contribution in [0.25, 0.3) is 10.8 Å². The molecule has 0 aliphatic heterocycles. The van der Waals surface area contributed by atoms with E-state index < -0.39 is 0 Å². The van der Waals surface area contributed by atoms with Gasteiger partial charge in [-0.15, -0.1) is 0 Å². The molecule has 0 amide bonds. The third kappa shape index (κ3) is 2.24. The molecular formula is C21H19NO2. The van der Waals surface area contributed by atoms with E-state index in [9.17, 15) is 5.21 Å². The second kappa shape index (κ2) is 6.00. The van der Waals surface area contributed by atoms with Gasteiger partial charge in [0.05, 0.1) is 18.7 Å². The van der Waals surface area contributed by atoms with E-state index in [0.717, 1.165) is 40.6 Å². The molecule has 0 fully saturated rings. The van der Waals surface area contributed by atoms with Crippen LogP contribution < -0.4 is 4.74 Å². The predicted octanol–water partition coefficient (Wildman–Crippen LogP) is 4.76. The molecule has 3 nitrogen and oxygen atoms in total. The number of oxime groups is 1. The molecule has 1 unspecified atom stereocenters. The Balaban J connectivity index is 2.05. The van der Waals surface area contributed by atoms with Crippen molar-refractivity contribution in [3.63, 3.8) is 0 Å². The van der Waals surface area contributed by atoms with Gasteiger partial charge in [0.25, 0.3) is 0 Å². The van der Waals surface area contributed by atoms with Crippen LogP contribution in [0.4, 0.5) is 0 Å². The van der Waals surface area contributed by atoms with Crippen LogP contribution in [0.5, 0.6) is 5.75 Å². The Morgan fingerprint density at radius 2 is 1.75 bits per heavy atom. The fraction of sp³-hybridized carbons (Fsp3) is 0.190. The first-order chi connectivity index (χ1) is 11.8. The van der Waals surface area contributed by atoms with Gasteiger partial charge >= 0.3 is 0 Å². The number of hydrogen-bond donors (Lipinski definition) is 1. The highest BCUT2D eigenvalue weighted by Gasteiger charge is 2.31. The molecule has 0 radical (unpaired) electrons. The Bertz CT molecular complexity index is 930. The molecule has 0 aromatic heterocycles. The lowest BCUT2D eigenvalue weighted by Gasteiger charge is -2.29. The van der Waals surface area contributed by atoms with Crippen LogP contribution >= 0.6 is 0 Å². The van der Waals surface area contributed by atoms with E-state index in [-0.39, 0.29) is 5.92 Å². The lowest BCUT2D eigenvalue weighted by molar-refractivity contribution is 0.315. The van der Waals surface area contributed by atoms with Gasteiger partial charge in [0.1, 0.15) is 5.75 Å². The van der Waals surface area contributed by atoms with Crippen molar-refractivity contribution in [2.45, 2.75) is 18.8 Å². The van der Waals surface area contributed by atoms with E-state index in [4.69, 9.17) is 4.74 Å². The number of rotatable bonds is 2. The number of ether oxygens (including phenoxy) is 1. The molecule has 0 saturated heterocycles. The van der Waals surface area contributed by atoms with Gasteiger partial charge in [0.2, 0.25) is 0 Å². The molecular weight excluding hydrogens is 298 g/mol. The molecule has 3 aromatic rings. The zero-order valence-corrected chi connectivity index (χ0v) is 13.6. The van der Waals surface area contributed by atoms with Crippen LogP contribution in [0.1, 0.15) is 29.0 Å². The number of nitrogens with zero attached hydrogens (tertiary/aromatic N) is 1. The molecule has 0 heterocycles. The molecule has 0 bridgehead atoms. The summed E-state index contributed by atoms with van der Waals surface area (Å²) in [6, 6.07) is 20.8. The van der Waals surface area contributed by atoms with Gasteiger partial charge in [-0.2, -0.15) is 0 Å². The number of methoxy groups -OCH3 is 1. The van der Waals surface area contributed by atoms with Gasteiger partial charge in [-0.05, 0) is 40.8 Å². The van der Waals surface area contributed by atoms with Crippen molar-refractivity contribution in [3.05, 3.63) is 77.4 Å². The van der Waals surface area contributed by atoms with Gasteiger partial charge in [-0.3, -0.25) is 0 Å². The van der Waals surface area contributed by atoms with Crippen molar-refractivity contribution in [1.82, 2.24) is 0 Å². The molecule has 24 heavy (non-hydrogen) atoms. The summed E-state index contributed by atoms with van der Waals surface area (Å²) in [6.45, 7) is 0. The summed E-state index contributed by atoms with van der Waals surface area (Å²) in [5.74, 6) is 0.748. The molecule has 1 aliphatic carbocycles. The van der Waals surface area contributed by atoms with Gasteiger partial charge in [-0.1, -0.05) is 59.8 Å². The van der Waals surface area contributed by atoms with Crippen LogP contribution in [0.15, 0.2) is 65.8 Å². The Kier molecular flexibility index (Phi) is 3.69. The standard InChI is InChI=1S/C21H19NO2/c1-24-19-13-11-15-7-3-5-9-17(15)21(19)20-16-8-4-2-6-14(16)10-12-18(20)22-23/h2-9,11,13,20,23H,10,12H2,1H3/b22-18+. The maximum absolute atomic E-state index is 9.63. The maximum atomic E-state index is 9.63. The number of fused-ring (bicyclic) bond motifs is 2. The Labute approximate surface area is 141 Å². The molecule has 4 rings (SSSR count). The van der Waals surface area contributed by atoms with Crippen molar-refractivity contribution < 1.29 is 9.94 Å². The summed E-state index contributed by atoms with van der Waals surface area (Å²) in [5.41, 5.74) is 4.38. The minimum absolute atomic E-state index is 0.0824. The lowest BCUT2D eigenvalue weighted by Crippen LogP contribution is -2.22. The fourth-order valence-corrected chi connectivity index (χ4v) is 3.81. The normalized spacial score (nSPS) is 18.5. The molecule has 1 N–H and O–H groups in total. The quantitative estimate of drug-likeness (QED) is 0.547. The van der Waals surface area contributed by atoms with Crippen molar-refractivity contribution in [2.24, 2.45) is 5.16 Å². The SMILES string of the molecule is COc1ccc2ccccc2c1C1/C(=N/O)CCc2ccccc21. The third-order valence-corrected chi connectivity index (χ3v) is 4.92. The third-order valence-electron chi connectivity index (χ3n) is 4.92. The van der Waals surface area contributed by atoms with Crippen LogP contribution in [-0.4, -0.2) is 18.0 Å². The monoisotopic (exact) mass is 317 g/mol. The van der Waals surface area contributed by atoms with Crippen molar-refractivity contribution in [3.8, 4) is 5.75 Å². The maximum Gasteiger partial charge on any atom is 0.123 e. The molecule has 0 spiro atoms. The second-order valence-corrected chi connectivity index (χ2v) is 6.13. The molecule has 0 saturated carbocycles. The lowest BCUT2D eigenvalue weighted by atomic mass is 9.76. The van der Waals surface area contributed by atoms with E-state index in [1.165, 1.54) is 11.1 Å². The zero-order valence-electron chi connectivity index (χ0n) is 13.6. The van der Waals surface area contributed by atoms with Crippen LogP contribution in [0.2, 0.25) is 0 Å². The molecule has 1 atom stereocenters. The van der Waals surface area contributed by atoms with Crippen molar-refractivity contribution in [2.75, 3.05) is 7.11 Å². The van der Waals surface area contributed by atoms with Gasteiger partial charge in [0.15, 0.2) is 0 Å². The van der Waals surface area contributed by atoms with E-state index in [2.05, 4.69) is 41.6 Å². The summed E-state index contributed by atoms with van der Waals surface area (Å²) in [4.78, 5) is 0. The van der Waals surface area contributed by atoms with Gasteiger partial charge in [0, 0.05) is 5.56 Å². The smallest absolute Gasteiger partial charge is 0.123 e. The Hall–Kier alpha value is -2.81. The van der Waals surface area contributed by atoms with E-state index in [1.54, 1.807) is 7.11 Å². The minimum atomic E-state index is -0.0824. The number of hydrogen-bond acceptors (Lipinski definition) is 3. The van der Waals surface area contributed by atoms with Gasteiger partial charge < -0.3 is 9.94 Å². The van der Waals surface area contributed by atoms with Crippen molar-refractivity contribution >= 4 is 16.5 Å². The highest BCUT2D eigenvalue weighted by atomic mass is 16.5. The topological polar surface area (TPSA) is 41.8 Å². The van der Waals surface area contributed by atoms with Crippen LogP contribution in [-0.2, 0) is 6.42 Å². The second-order valence-electron chi connectivity index (χ2n) is 6.13. The summed E-state index contributed by atoms with van der Waals surface area (Å²) in [5, 5.41) is 15.6. The highest BCUT2D eigenvalue weighted by molar-refractivity contribution is 6.01. The average molecular weight is 317 g/mol. The van der Waals surface area contributed by atoms with Gasteiger partial charge in [-0.25, -0.2) is 0 Å². The Morgan fingerprint density at radius 1 is 0.958 bits per heavy atom. The highest BCUT2D eigenvalue weighted by Crippen LogP contribution is 2.42. The fourth-order valence-electron chi connectivity index (χ4n) is 3.81. The number of aryl methyl sites for hydroxylation is 1. The summed E-state index contributed by atoms with van der Waals surface area (Å²) in [7, 11) is 1.69. The summed E-state index contributed by atoms with van der Waals surface area (Å²) in [6.07, 6.45) is 1.66. The zero-order chi connectivity index (χ0) is 16.5. The average Bonchev–Trinajstić information content (AvgIpc) is 2.66. The van der Waals surface area contributed by atoms with E-state index in [0.29, 0.717) is 0 Å². The summed E-state index contributed by atoms with van der Waals surface area (Å²) < 4.78 is 5.68. The minimum Gasteiger partial charge on any atom is -0.496 e. The predicted molar refractivity (Wildman–Crippen MR) is 96.3 cm³/mol. The molecule has 3 aromatic carbocycles. The molecule has 120 valence electrons.